The van der Waals surface area contributed by atoms with Crippen molar-refractivity contribution in [2.24, 2.45) is 0 Å². The fraction of sp³-hybridized carbons (Fsp3) is 0.176. The lowest BCUT2D eigenvalue weighted by atomic mass is 10.1. The number of aryl methyl sites for hydroxylation is 1. The molecule has 1 heterocycles. The van der Waals surface area contributed by atoms with Gasteiger partial charge in [-0.25, -0.2) is 4.39 Å². The monoisotopic (exact) mass is 313 g/mol. The number of carbonyl (C=O) groups excluding carboxylic acids is 1. The Morgan fingerprint density at radius 2 is 2.17 bits per heavy atom. The molecule has 6 heteroatoms. The number of fused-ring (bicyclic) bond motifs is 1. The second-order valence-electron chi connectivity index (χ2n) is 5.07. The molecule has 1 N–H and O–H groups in total. The number of halogens is 1. The first-order valence-electron chi connectivity index (χ1n) is 6.96. The molecule has 0 aliphatic rings. The van der Waals surface area contributed by atoms with Gasteiger partial charge in [0.05, 0.1) is 7.11 Å². The highest BCUT2D eigenvalue weighted by atomic mass is 19.1. The molecule has 0 spiro atoms. The van der Waals surface area contributed by atoms with Crippen LogP contribution in [-0.4, -0.2) is 18.4 Å². The highest BCUT2D eigenvalue weighted by Gasteiger charge is 2.12. The zero-order valence-electron chi connectivity index (χ0n) is 12.6. The largest absolute Gasteiger partial charge is 0.541 e. The van der Waals surface area contributed by atoms with E-state index in [9.17, 15) is 9.18 Å². The Balaban J connectivity index is 2.00. The van der Waals surface area contributed by atoms with Crippen LogP contribution in [0.15, 0.2) is 34.7 Å². The van der Waals surface area contributed by atoms with Gasteiger partial charge in [0.25, 0.3) is 6.01 Å². The Hall–Kier alpha value is -2.89. The molecule has 0 bridgehead atoms. The van der Waals surface area contributed by atoms with E-state index in [1.807, 2.05) is 6.29 Å². The lowest BCUT2D eigenvalue weighted by Gasteiger charge is -2.05. The van der Waals surface area contributed by atoms with E-state index in [2.05, 4.69) is 10.3 Å². The van der Waals surface area contributed by atoms with Crippen LogP contribution in [0.2, 0.25) is 0 Å². The van der Waals surface area contributed by atoms with E-state index >= 15 is 0 Å². The summed E-state index contributed by atoms with van der Waals surface area (Å²) in [5.74, 6) is 0.211. The first-order valence-corrected chi connectivity index (χ1v) is 6.96. The molecule has 0 saturated heterocycles. The first kappa shape index (κ1) is 15.0. The molecule has 0 saturated carbocycles. The second-order valence-corrected chi connectivity index (χ2v) is 5.07. The summed E-state index contributed by atoms with van der Waals surface area (Å²) in [5, 5.41) is 3.01. The molecule has 0 unspecified atom stereocenters. The van der Waals surface area contributed by atoms with E-state index < -0.39 is 0 Å². The van der Waals surface area contributed by atoms with Gasteiger partial charge in [0.1, 0.15) is 11.6 Å². The van der Waals surface area contributed by atoms with Crippen LogP contribution < -0.4 is 10.1 Å². The van der Waals surface area contributed by atoms with Crippen molar-refractivity contribution < 1.29 is 18.3 Å². The summed E-state index contributed by atoms with van der Waals surface area (Å²) in [5.41, 5.74) is 3.19. The van der Waals surface area contributed by atoms with Gasteiger partial charge in [-0.1, -0.05) is 5.56 Å². The summed E-state index contributed by atoms with van der Waals surface area (Å²) in [6.07, 6.45) is 1.99. The summed E-state index contributed by atoms with van der Waals surface area (Å²) in [4.78, 5) is 14.9. The SMILES string of the molecule is COc1cc(C[C-]=O)cc2oc(Nc3ccc(F)cc3C)nc12. The van der Waals surface area contributed by atoms with Crippen molar-refractivity contribution >= 4 is 29.1 Å². The molecular formula is C17H14FN2O3-. The number of oxazole rings is 1. The van der Waals surface area contributed by atoms with Gasteiger partial charge in [-0.3, -0.25) is 6.29 Å². The first-order chi connectivity index (χ1) is 11.1. The Morgan fingerprint density at radius 1 is 1.35 bits per heavy atom. The normalized spacial score (nSPS) is 10.7. The van der Waals surface area contributed by atoms with E-state index in [-0.39, 0.29) is 18.3 Å². The minimum Gasteiger partial charge on any atom is -0.541 e. The molecule has 0 aliphatic heterocycles. The third-order valence-electron chi connectivity index (χ3n) is 3.45. The van der Waals surface area contributed by atoms with E-state index in [1.165, 1.54) is 19.2 Å². The number of nitrogens with zero attached hydrogens (tertiary/aromatic N) is 1. The van der Waals surface area contributed by atoms with Gasteiger partial charge in [-0.15, -0.1) is 6.42 Å². The smallest absolute Gasteiger partial charge is 0.300 e. The Kier molecular flexibility index (Phi) is 3.97. The molecule has 1 aromatic heterocycles. The number of rotatable bonds is 5. The Morgan fingerprint density at radius 3 is 2.87 bits per heavy atom. The van der Waals surface area contributed by atoms with Gasteiger partial charge in [0.15, 0.2) is 11.1 Å². The maximum Gasteiger partial charge on any atom is 0.300 e. The molecule has 5 nitrogen and oxygen atoms in total. The van der Waals surface area contributed by atoms with Crippen LogP contribution >= 0.6 is 0 Å². The Labute approximate surface area is 132 Å². The van der Waals surface area contributed by atoms with Crippen LogP contribution in [0, 0.1) is 12.7 Å². The van der Waals surface area contributed by atoms with Gasteiger partial charge < -0.3 is 19.3 Å². The number of benzene rings is 2. The quantitative estimate of drug-likeness (QED) is 0.728. The zero-order chi connectivity index (χ0) is 16.4. The number of aromatic nitrogens is 1. The number of hydrogen-bond acceptors (Lipinski definition) is 5. The number of ether oxygens (including phenoxy) is 1. The third kappa shape index (κ3) is 3.01. The molecule has 2 aromatic carbocycles. The fourth-order valence-electron chi connectivity index (χ4n) is 2.33. The van der Waals surface area contributed by atoms with Crippen molar-refractivity contribution in [1.82, 2.24) is 4.98 Å². The molecule has 118 valence electrons. The summed E-state index contributed by atoms with van der Waals surface area (Å²) >= 11 is 0. The average molecular weight is 313 g/mol. The highest BCUT2D eigenvalue weighted by molar-refractivity contribution is 5.83. The molecule has 3 rings (SSSR count). The van der Waals surface area contributed by atoms with Crippen molar-refractivity contribution in [1.29, 1.82) is 0 Å². The van der Waals surface area contributed by atoms with Crippen molar-refractivity contribution in [3.8, 4) is 5.75 Å². The second kappa shape index (κ2) is 6.08. The molecular weight excluding hydrogens is 299 g/mol. The zero-order valence-corrected chi connectivity index (χ0v) is 12.6. The van der Waals surface area contributed by atoms with Crippen LogP contribution in [0.25, 0.3) is 11.1 Å². The van der Waals surface area contributed by atoms with Crippen molar-refractivity contribution in [2.45, 2.75) is 13.3 Å². The van der Waals surface area contributed by atoms with Crippen molar-refractivity contribution in [3.63, 3.8) is 0 Å². The minimum absolute atomic E-state index is 0.146. The number of nitrogens with one attached hydrogen (secondary N) is 1. The van der Waals surface area contributed by atoms with Crippen molar-refractivity contribution in [3.05, 3.63) is 47.3 Å². The predicted octanol–water partition coefficient (Wildman–Crippen LogP) is 3.68. The Bertz CT molecular complexity index is 874. The minimum atomic E-state index is -0.304. The number of anilines is 2. The molecule has 23 heavy (non-hydrogen) atoms. The van der Waals surface area contributed by atoms with Gasteiger partial charge in [-0.2, -0.15) is 4.98 Å². The van der Waals surface area contributed by atoms with E-state index in [0.717, 1.165) is 11.1 Å². The lowest BCUT2D eigenvalue weighted by molar-refractivity contribution is 0.418. The highest BCUT2D eigenvalue weighted by Crippen LogP contribution is 2.31. The van der Waals surface area contributed by atoms with Crippen LogP contribution in [-0.2, 0) is 11.2 Å². The molecule has 3 aromatic rings. The maximum absolute atomic E-state index is 13.2. The molecule has 0 aliphatic carbocycles. The van der Waals surface area contributed by atoms with E-state index in [4.69, 9.17) is 9.15 Å². The molecule has 0 amide bonds. The van der Waals surface area contributed by atoms with Gasteiger partial charge in [0.2, 0.25) is 0 Å². The van der Waals surface area contributed by atoms with Crippen LogP contribution in [0.1, 0.15) is 11.1 Å². The molecule has 0 atom stereocenters. The van der Waals surface area contributed by atoms with Crippen LogP contribution in [0.5, 0.6) is 5.75 Å². The topological polar surface area (TPSA) is 64.4 Å². The van der Waals surface area contributed by atoms with E-state index in [1.54, 1.807) is 25.1 Å². The average Bonchev–Trinajstić information content (AvgIpc) is 2.92. The van der Waals surface area contributed by atoms with E-state index in [0.29, 0.717) is 22.5 Å². The summed E-state index contributed by atoms with van der Waals surface area (Å²) in [6.45, 7) is 1.78. The van der Waals surface area contributed by atoms with Crippen LogP contribution in [0.3, 0.4) is 0 Å². The third-order valence-corrected chi connectivity index (χ3v) is 3.45. The molecule has 0 fully saturated rings. The van der Waals surface area contributed by atoms with Gasteiger partial charge >= 0.3 is 0 Å². The fourth-order valence-corrected chi connectivity index (χ4v) is 2.33. The van der Waals surface area contributed by atoms with Gasteiger partial charge in [0, 0.05) is 5.69 Å². The summed E-state index contributed by atoms with van der Waals surface area (Å²) < 4.78 is 24.1. The number of hydrogen-bond donors (Lipinski definition) is 1. The van der Waals surface area contributed by atoms with Crippen molar-refractivity contribution in [2.75, 3.05) is 12.4 Å². The van der Waals surface area contributed by atoms with Crippen LogP contribution in [0.4, 0.5) is 16.1 Å². The summed E-state index contributed by atoms with van der Waals surface area (Å²) in [6, 6.07) is 8.10. The number of methoxy groups -OCH3 is 1. The lowest BCUT2D eigenvalue weighted by Crippen LogP contribution is -1.94. The predicted molar refractivity (Wildman–Crippen MR) is 84.4 cm³/mol. The van der Waals surface area contributed by atoms with Gasteiger partial charge in [-0.05, 0) is 42.8 Å². The standard InChI is InChI=1S/C17H14FN2O3/c1-10-7-12(18)3-4-13(10)19-17-20-16-14(22-2)8-11(5-6-21)9-15(16)23-17/h3-4,7-9H,5H2,1-2H3,(H,19,20)/q-1. The summed E-state index contributed by atoms with van der Waals surface area (Å²) in [7, 11) is 1.52. The molecule has 0 radical (unpaired) electrons. The maximum atomic E-state index is 13.2.